The first-order chi connectivity index (χ1) is 10.5. The molecule has 0 saturated carbocycles. The van der Waals surface area contributed by atoms with E-state index >= 15 is 0 Å². The molecule has 1 aliphatic heterocycles. The third kappa shape index (κ3) is 2.80. The van der Waals surface area contributed by atoms with Crippen molar-refractivity contribution in [2.45, 2.75) is 0 Å². The largest absolute Gasteiger partial charge is 0.374 e. The van der Waals surface area contributed by atoms with Gasteiger partial charge < -0.3 is 10.2 Å². The molecule has 6 heteroatoms. The molecule has 0 spiro atoms. The lowest BCUT2D eigenvalue weighted by Gasteiger charge is -2.29. The Hall–Kier alpha value is -2.40. The number of benzene rings is 2. The van der Waals surface area contributed by atoms with Crippen LogP contribution < -0.4 is 10.2 Å². The maximum atomic E-state index is 12.9. The predicted molar refractivity (Wildman–Crippen MR) is 83.0 cm³/mol. The molecule has 0 aromatic heterocycles. The maximum absolute atomic E-state index is 12.9. The summed E-state index contributed by atoms with van der Waals surface area (Å²) < 4.78 is 12.9. The average molecular weight is 319 g/mol. The van der Waals surface area contributed by atoms with Crippen LogP contribution in [-0.2, 0) is 4.79 Å². The summed E-state index contributed by atoms with van der Waals surface area (Å²) in [4.78, 5) is 25.8. The van der Waals surface area contributed by atoms with Crippen LogP contribution in [0.3, 0.4) is 0 Å². The molecule has 2 aromatic carbocycles. The van der Waals surface area contributed by atoms with Crippen LogP contribution in [0.5, 0.6) is 0 Å². The highest BCUT2D eigenvalue weighted by molar-refractivity contribution is 6.31. The number of nitrogens with one attached hydrogen (secondary N) is 1. The summed E-state index contributed by atoms with van der Waals surface area (Å²) in [6.45, 7) is 0.00478. The lowest BCUT2D eigenvalue weighted by Crippen LogP contribution is -2.42. The van der Waals surface area contributed by atoms with E-state index in [1.807, 2.05) is 0 Å². The van der Waals surface area contributed by atoms with Gasteiger partial charge in [0.25, 0.3) is 0 Å². The van der Waals surface area contributed by atoms with E-state index in [2.05, 4.69) is 5.32 Å². The van der Waals surface area contributed by atoms with Gasteiger partial charge in [0.15, 0.2) is 5.78 Å². The minimum absolute atomic E-state index is 0.0965. The molecule has 22 heavy (non-hydrogen) atoms. The van der Waals surface area contributed by atoms with Crippen molar-refractivity contribution >= 4 is 34.7 Å². The SMILES string of the molecule is O=C(CN1C(=O)CNc2cc(Cl)ccc21)c1ccc(F)cc1. The number of hydrogen-bond acceptors (Lipinski definition) is 3. The number of anilines is 2. The van der Waals surface area contributed by atoms with Crippen molar-refractivity contribution in [3.63, 3.8) is 0 Å². The Morgan fingerprint density at radius 2 is 1.95 bits per heavy atom. The molecule has 112 valence electrons. The van der Waals surface area contributed by atoms with Gasteiger partial charge in [0.05, 0.1) is 24.5 Å². The summed E-state index contributed by atoms with van der Waals surface area (Å²) in [5, 5.41) is 3.51. The van der Waals surface area contributed by atoms with E-state index in [0.29, 0.717) is 22.0 Å². The Balaban J connectivity index is 1.87. The monoisotopic (exact) mass is 318 g/mol. The quantitative estimate of drug-likeness (QED) is 0.885. The normalized spacial score (nSPS) is 13.5. The van der Waals surface area contributed by atoms with E-state index in [1.54, 1.807) is 18.2 Å². The Kier molecular flexibility index (Phi) is 3.81. The number of ketones is 1. The highest BCUT2D eigenvalue weighted by atomic mass is 35.5. The number of rotatable bonds is 3. The van der Waals surface area contributed by atoms with Crippen LogP contribution in [0.4, 0.5) is 15.8 Å². The number of nitrogens with zero attached hydrogens (tertiary/aromatic N) is 1. The maximum Gasteiger partial charge on any atom is 0.246 e. The van der Waals surface area contributed by atoms with E-state index in [9.17, 15) is 14.0 Å². The summed E-state index contributed by atoms with van der Waals surface area (Å²) in [7, 11) is 0. The van der Waals surface area contributed by atoms with Gasteiger partial charge in [0.1, 0.15) is 5.82 Å². The van der Waals surface area contributed by atoms with Crippen LogP contribution in [0.2, 0.25) is 5.02 Å². The molecule has 0 saturated heterocycles. The van der Waals surface area contributed by atoms with Gasteiger partial charge in [-0.25, -0.2) is 4.39 Å². The summed E-state index contributed by atoms with van der Waals surface area (Å²) in [6.07, 6.45) is 0. The summed E-state index contributed by atoms with van der Waals surface area (Å²) in [6, 6.07) is 10.3. The smallest absolute Gasteiger partial charge is 0.246 e. The van der Waals surface area contributed by atoms with Gasteiger partial charge in [0.2, 0.25) is 5.91 Å². The fourth-order valence-corrected chi connectivity index (χ4v) is 2.50. The van der Waals surface area contributed by atoms with Gasteiger partial charge in [0, 0.05) is 10.6 Å². The van der Waals surface area contributed by atoms with E-state index < -0.39 is 5.82 Å². The number of fused-ring (bicyclic) bond motifs is 1. The van der Waals surface area contributed by atoms with Crippen molar-refractivity contribution in [2.24, 2.45) is 0 Å². The second-order valence-electron chi connectivity index (χ2n) is 4.92. The summed E-state index contributed by atoms with van der Waals surface area (Å²) in [5.41, 5.74) is 1.68. The van der Waals surface area contributed by atoms with Crippen LogP contribution in [0.1, 0.15) is 10.4 Å². The molecule has 0 atom stereocenters. The minimum Gasteiger partial charge on any atom is -0.374 e. The van der Waals surface area contributed by atoms with E-state index in [1.165, 1.54) is 29.2 Å². The Morgan fingerprint density at radius 3 is 2.68 bits per heavy atom. The topological polar surface area (TPSA) is 49.4 Å². The average Bonchev–Trinajstić information content (AvgIpc) is 2.50. The molecule has 0 bridgehead atoms. The molecule has 1 amide bonds. The number of carbonyl (C=O) groups is 2. The van der Waals surface area contributed by atoms with Gasteiger partial charge in [-0.2, -0.15) is 0 Å². The van der Waals surface area contributed by atoms with Crippen LogP contribution in [0, 0.1) is 5.82 Å². The molecular weight excluding hydrogens is 307 g/mol. The Bertz CT molecular complexity index is 746. The lowest BCUT2D eigenvalue weighted by atomic mass is 10.1. The molecule has 3 rings (SSSR count). The fraction of sp³-hybridized carbons (Fsp3) is 0.125. The fourth-order valence-electron chi connectivity index (χ4n) is 2.33. The zero-order valence-electron chi connectivity index (χ0n) is 11.5. The van der Waals surface area contributed by atoms with Crippen molar-refractivity contribution in [1.29, 1.82) is 0 Å². The molecule has 0 fully saturated rings. The second kappa shape index (κ2) is 5.77. The number of halogens is 2. The third-order valence-electron chi connectivity index (χ3n) is 3.45. The molecule has 1 heterocycles. The Labute approximate surface area is 131 Å². The highest BCUT2D eigenvalue weighted by Gasteiger charge is 2.26. The highest BCUT2D eigenvalue weighted by Crippen LogP contribution is 2.32. The number of Topliss-reactive ketones (excluding diaryl/α,β-unsaturated/α-hetero) is 1. The van der Waals surface area contributed by atoms with Crippen molar-refractivity contribution in [2.75, 3.05) is 23.3 Å². The molecule has 0 aliphatic carbocycles. The molecule has 0 radical (unpaired) electrons. The van der Waals surface area contributed by atoms with E-state index in [0.717, 1.165) is 0 Å². The van der Waals surface area contributed by atoms with Gasteiger partial charge in [-0.15, -0.1) is 0 Å². The number of amides is 1. The zero-order chi connectivity index (χ0) is 15.7. The molecular formula is C16H12ClFN2O2. The Morgan fingerprint density at radius 1 is 1.23 bits per heavy atom. The van der Waals surface area contributed by atoms with Crippen molar-refractivity contribution in [3.8, 4) is 0 Å². The first-order valence-corrected chi connectivity index (χ1v) is 7.05. The van der Waals surface area contributed by atoms with Crippen LogP contribution >= 0.6 is 11.6 Å². The van der Waals surface area contributed by atoms with Gasteiger partial charge in [-0.3, -0.25) is 9.59 Å². The third-order valence-corrected chi connectivity index (χ3v) is 3.68. The van der Waals surface area contributed by atoms with E-state index in [4.69, 9.17) is 11.6 Å². The van der Waals surface area contributed by atoms with E-state index in [-0.39, 0.29) is 24.8 Å². The first kappa shape index (κ1) is 14.5. The molecule has 1 aliphatic rings. The minimum atomic E-state index is -0.408. The lowest BCUT2D eigenvalue weighted by molar-refractivity contribution is -0.117. The van der Waals surface area contributed by atoms with Crippen molar-refractivity contribution in [3.05, 3.63) is 58.9 Å². The standard InChI is InChI=1S/C16H12ClFN2O2/c17-11-3-6-14-13(7-11)19-8-16(22)20(14)9-15(21)10-1-4-12(18)5-2-10/h1-7,19H,8-9H2. The van der Waals surface area contributed by atoms with Crippen LogP contribution in [0.15, 0.2) is 42.5 Å². The van der Waals surface area contributed by atoms with Crippen LogP contribution in [-0.4, -0.2) is 24.8 Å². The molecule has 2 aromatic rings. The van der Waals surface area contributed by atoms with Crippen molar-refractivity contribution < 1.29 is 14.0 Å². The van der Waals surface area contributed by atoms with Crippen LogP contribution in [0.25, 0.3) is 0 Å². The predicted octanol–water partition coefficient (Wildman–Crippen LogP) is 3.12. The molecule has 4 nitrogen and oxygen atoms in total. The number of carbonyl (C=O) groups excluding carboxylic acids is 2. The zero-order valence-corrected chi connectivity index (χ0v) is 12.2. The summed E-state index contributed by atoms with van der Waals surface area (Å²) in [5.74, 6) is -0.865. The first-order valence-electron chi connectivity index (χ1n) is 6.67. The molecule has 0 unspecified atom stereocenters. The summed E-state index contributed by atoms with van der Waals surface area (Å²) >= 11 is 5.93. The van der Waals surface area contributed by atoms with Gasteiger partial charge in [-0.05, 0) is 42.5 Å². The number of hydrogen-bond donors (Lipinski definition) is 1. The van der Waals surface area contributed by atoms with Crippen molar-refractivity contribution in [1.82, 2.24) is 0 Å². The van der Waals surface area contributed by atoms with Gasteiger partial charge in [-0.1, -0.05) is 11.6 Å². The molecule has 1 N–H and O–H groups in total. The second-order valence-corrected chi connectivity index (χ2v) is 5.36. The van der Waals surface area contributed by atoms with Gasteiger partial charge >= 0.3 is 0 Å².